The Bertz CT molecular complexity index is 748. The molecule has 3 heterocycles. The Morgan fingerprint density at radius 1 is 1.21 bits per heavy atom. The number of carbonyl (C=O) groups is 2. The lowest BCUT2D eigenvalue weighted by Gasteiger charge is -2.33. The first-order chi connectivity index (χ1) is 13.5. The van der Waals surface area contributed by atoms with E-state index in [1.165, 1.54) is 4.90 Å². The molecular weight excluding hydrogens is 360 g/mol. The van der Waals surface area contributed by atoms with Crippen LogP contribution in [0.3, 0.4) is 0 Å². The number of rotatable bonds is 3. The molecule has 0 aliphatic carbocycles. The van der Waals surface area contributed by atoms with E-state index in [1.54, 1.807) is 4.90 Å². The van der Waals surface area contributed by atoms with Crippen LogP contribution in [0.25, 0.3) is 0 Å². The molecule has 3 amide bonds. The van der Waals surface area contributed by atoms with E-state index < -0.39 is 0 Å². The number of piperidine rings is 1. The Morgan fingerprint density at radius 2 is 1.93 bits per heavy atom. The molecule has 28 heavy (non-hydrogen) atoms. The predicted octanol–water partition coefficient (Wildman–Crippen LogP) is -0.118. The topological polar surface area (TPSA) is 75.6 Å². The highest BCUT2D eigenvalue weighted by atomic mass is 16.6. The summed E-state index contributed by atoms with van der Waals surface area (Å²) in [4.78, 5) is 30.2. The van der Waals surface area contributed by atoms with E-state index in [2.05, 4.69) is 12.4 Å². The van der Waals surface area contributed by atoms with E-state index in [-0.39, 0.29) is 24.0 Å². The molecule has 4 rings (SSSR count). The number of nitrogens with zero attached hydrogens (tertiary/aromatic N) is 2. The average Bonchev–Trinajstić information content (AvgIpc) is 3.07. The standard InChI is InChI=1S/C20H28N4O4/c1-22-7-5-15(6-8-22)23(2)20(26)21-14-11-19(25)24(13-14)16-3-4-17-18(12-16)28-10-9-27-17/h3-4,12,14-15H,5-11,13H2,1-2H3,(H,21,26)/p+1/t14-/m0/s1. The van der Waals surface area contributed by atoms with Gasteiger partial charge in [0.25, 0.3) is 0 Å². The van der Waals surface area contributed by atoms with Crippen molar-refractivity contribution in [2.45, 2.75) is 31.3 Å². The highest BCUT2D eigenvalue weighted by Crippen LogP contribution is 2.35. The van der Waals surface area contributed by atoms with Crippen LogP contribution in [0.1, 0.15) is 19.3 Å². The van der Waals surface area contributed by atoms with Gasteiger partial charge in [0.15, 0.2) is 11.5 Å². The van der Waals surface area contributed by atoms with Crippen molar-refractivity contribution in [2.75, 3.05) is 51.8 Å². The minimum atomic E-state index is -0.187. The smallest absolute Gasteiger partial charge is 0.317 e. The van der Waals surface area contributed by atoms with E-state index >= 15 is 0 Å². The third kappa shape index (κ3) is 3.87. The lowest BCUT2D eigenvalue weighted by atomic mass is 10.0. The molecule has 0 aromatic heterocycles. The second kappa shape index (κ2) is 7.87. The molecule has 2 fully saturated rings. The number of quaternary nitrogens is 1. The fourth-order valence-corrected chi connectivity index (χ4v) is 4.18. The lowest BCUT2D eigenvalue weighted by molar-refractivity contribution is -0.885. The molecule has 152 valence electrons. The zero-order valence-corrected chi connectivity index (χ0v) is 16.6. The van der Waals surface area contributed by atoms with Crippen molar-refractivity contribution in [3.05, 3.63) is 18.2 Å². The number of hydrogen-bond acceptors (Lipinski definition) is 4. The Balaban J connectivity index is 1.36. The molecular formula is C20H29N4O4+. The third-order valence-corrected chi connectivity index (χ3v) is 5.97. The van der Waals surface area contributed by atoms with Crippen LogP contribution in [-0.4, -0.2) is 75.9 Å². The fraction of sp³-hybridized carbons (Fsp3) is 0.600. The predicted molar refractivity (Wildman–Crippen MR) is 104 cm³/mol. The van der Waals surface area contributed by atoms with Crippen molar-refractivity contribution in [1.82, 2.24) is 10.2 Å². The van der Waals surface area contributed by atoms with Crippen LogP contribution in [0, 0.1) is 0 Å². The van der Waals surface area contributed by atoms with Gasteiger partial charge < -0.3 is 29.5 Å². The quantitative estimate of drug-likeness (QED) is 0.756. The van der Waals surface area contributed by atoms with Gasteiger partial charge in [-0.2, -0.15) is 0 Å². The molecule has 0 spiro atoms. The summed E-state index contributed by atoms with van der Waals surface area (Å²) in [6, 6.07) is 5.53. The molecule has 0 radical (unpaired) electrons. The molecule has 3 aliphatic rings. The Labute approximate surface area is 165 Å². The molecule has 0 unspecified atom stereocenters. The third-order valence-electron chi connectivity index (χ3n) is 5.97. The van der Waals surface area contributed by atoms with Crippen molar-refractivity contribution in [2.24, 2.45) is 0 Å². The van der Waals surface area contributed by atoms with Gasteiger partial charge in [-0.3, -0.25) is 4.79 Å². The van der Waals surface area contributed by atoms with Crippen molar-refractivity contribution >= 4 is 17.6 Å². The zero-order chi connectivity index (χ0) is 19.7. The first kappa shape index (κ1) is 18.9. The first-order valence-electron chi connectivity index (χ1n) is 10.1. The Hall–Kier alpha value is -2.48. The number of anilines is 1. The molecule has 3 aliphatic heterocycles. The second-order valence-corrected chi connectivity index (χ2v) is 7.98. The minimum Gasteiger partial charge on any atom is -0.486 e. The summed E-state index contributed by atoms with van der Waals surface area (Å²) in [5, 5.41) is 3.04. The summed E-state index contributed by atoms with van der Waals surface area (Å²) in [6.45, 7) is 3.68. The van der Waals surface area contributed by atoms with Gasteiger partial charge in [-0.15, -0.1) is 0 Å². The van der Waals surface area contributed by atoms with Gasteiger partial charge in [0.2, 0.25) is 5.91 Å². The summed E-state index contributed by atoms with van der Waals surface area (Å²) >= 11 is 0. The van der Waals surface area contributed by atoms with Gasteiger partial charge >= 0.3 is 6.03 Å². The van der Waals surface area contributed by atoms with Crippen LogP contribution in [0.4, 0.5) is 10.5 Å². The second-order valence-electron chi connectivity index (χ2n) is 7.98. The molecule has 2 N–H and O–H groups in total. The van der Waals surface area contributed by atoms with Crippen LogP contribution in [0.5, 0.6) is 11.5 Å². The highest BCUT2D eigenvalue weighted by Gasteiger charge is 2.34. The lowest BCUT2D eigenvalue weighted by Crippen LogP contribution is -3.10. The van der Waals surface area contributed by atoms with E-state index in [1.807, 2.05) is 30.1 Å². The fourth-order valence-electron chi connectivity index (χ4n) is 4.18. The van der Waals surface area contributed by atoms with Gasteiger partial charge in [0.05, 0.1) is 26.2 Å². The maximum atomic E-state index is 12.7. The van der Waals surface area contributed by atoms with Gasteiger partial charge in [0.1, 0.15) is 13.2 Å². The summed E-state index contributed by atoms with van der Waals surface area (Å²) in [5.74, 6) is 1.37. The van der Waals surface area contributed by atoms with Crippen LogP contribution in [0.15, 0.2) is 18.2 Å². The molecule has 1 aromatic rings. The van der Waals surface area contributed by atoms with Crippen LogP contribution in [0.2, 0.25) is 0 Å². The average molecular weight is 389 g/mol. The number of benzene rings is 1. The SMILES string of the molecule is CN(C(=O)N[C@H]1CC(=O)N(c2ccc3c(c2)OCCO3)C1)C1CC[NH+](C)CC1. The van der Waals surface area contributed by atoms with E-state index in [0.29, 0.717) is 37.7 Å². The summed E-state index contributed by atoms with van der Waals surface area (Å²) in [6.07, 6.45) is 2.34. The summed E-state index contributed by atoms with van der Waals surface area (Å²) in [5.41, 5.74) is 0.776. The van der Waals surface area contributed by atoms with Crippen LogP contribution in [-0.2, 0) is 4.79 Å². The molecule has 0 bridgehead atoms. The van der Waals surface area contributed by atoms with Gasteiger partial charge in [-0.25, -0.2) is 4.79 Å². The number of urea groups is 1. The normalized spacial score (nSPS) is 26.9. The first-order valence-corrected chi connectivity index (χ1v) is 10.1. The van der Waals surface area contributed by atoms with Gasteiger partial charge in [0, 0.05) is 50.7 Å². The molecule has 0 saturated carbocycles. The maximum absolute atomic E-state index is 12.7. The van der Waals surface area contributed by atoms with Crippen molar-refractivity contribution in [3.8, 4) is 11.5 Å². The van der Waals surface area contributed by atoms with Crippen molar-refractivity contribution in [3.63, 3.8) is 0 Å². The van der Waals surface area contributed by atoms with Crippen LogP contribution < -0.4 is 24.6 Å². The summed E-state index contributed by atoms with van der Waals surface area (Å²) < 4.78 is 11.2. The number of nitrogens with one attached hydrogen (secondary N) is 2. The monoisotopic (exact) mass is 389 g/mol. The van der Waals surface area contributed by atoms with Crippen molar-refractivity contribution in [1.29, 1.82) is 0 Å². The van der Waals surface area contributed by atoms with E-state index in [4.69, 9.17) is 9.47 Å². The number of carbonyl (C=O) groups excluding carboxylic acids is 2. The van der Waals surface area contributed by atoms with Gasteiger partial charge in [-0.05, 0) is 12.1 Å². The number of hydrogen-bond donors (Lipinski definition) is 2. The highest BCUT2D eigenvalue weighted by molar-refractivity contribution is 5.97. The Morgan fingerprint density at radius 3 is 2.68 bits per heavy atom. The number of amides is 3. The molecule has 2 saturated heterocycles. The molecule has 8 heteroatoms. The van der Waals surface area contributed by atoms with Crippen LogP contribution >= 0.6 is 0 Å². The number of ether oxygens (including phenoxy) is 2. The minimum absolute atomic E-state index is 0.00696. The largest absolute Gasteiger partial charge is 0.486 e. The van der Waals surface area contributed by atoms with Gasteiger partial charge in [-0.1, -0.05) is 0 Å². The molecule has 8 nitrogen and oxygen atoms in total. The van der Waals surface area contributed by atoms with Crippen molar-refractivity contribution < 1.29 is 24.0 Å². The maximum Gasteiger partial charge on any atom is 0.317 e. The summed E-state index contributed by atoms with van der Waals surface area (Å²) in [7, 11) is 4.04. The Kier molecular flexibility index (Phi) is 5.30. The molecule has 1 atom stereocenters. The van der Waals surface area contributed by atoms with E-state index in [9.17, 15) is 9.59 Å². The zero-order valence-electron chi connectivity index (χ0n) is 16.6. The number of fused-ring (bicyclic) bond motifs is 1. The van der Waals surface area contributed by atoms with E-state index in [0.717, 1.165) is 31.6 Å². The number of likely N-dealkylation sites (tertiary alicyclic amines) is 1. The molecule has 1 aromatic carbocycles.